The number of aliphatic imine (C=N–C) groups is 1. The van der Waals surface area contributed by atoms with Gasteiger partial charge in [0.05, 0.1) is 6.54 Å². The van der Waals surface area contributed by atoms with E-state index in [-0.39, 0.29) is 36.4 Å². The Bertz CT molecular complexity index is 565. The van der Waals surface area contributed by atoms with E-state index in [1.165, 1.54) is 12.8 Å². The first kappa shape index (κ1) is 25.4. The molecule has 152 valence electrons. The second-order valence-electron chi connectivity index (χ2n) is 6.35. The van der Waals surface area contributed by atoms with E-state index >= 15 is 0 Å². The molecule has 7 heteroatoms. The lowest BCUT2D eigenvalue weighted by atomic mass is 10.2. The number of hydrogen-bond acceptors (Lipinski definition) is 3. The highest BCUT2D eigenvalue weighted by Gasteiger charge is 2.11. The number of guanidine groups is 1. The van der Waals surface area contributed by atoms with Gasteiger partial charge in [-0.3, -0.25) is 14.8 Å². The highest BCUT2D eigenvalue weighted by molar-refractivity contribution is 14.0. The number of likely N-dealkylation sites (N-methyl/N-ethyl adjacent to an activating group) is 1. The van der Waals surface area contributed by atoms with Gasteiger partial charge < -0.3 is 15.1 Å². The monoisotopic (exact) mass is 487 g/mol. The van der Waals surface area contributed by atoms with Crippen molar-refractivity contribution in [1.29, 1.82) is 0 Å². The number of pyridine rings is 1. The Labute approximate surface area is 181 Å². The van der Waals surface area contributed by atoms with Crippen LogP contribution in [0.2, 0.25) is 0 Å². The van der Waals surface area contributed by atoms with Gasteiger partial charge in [0.15, 0.2) is 5.96 Å². The highest BCUT2D eigenvalue weighted by atomic mass is 127. The van der Waals surface area contributed by atoms with Gasteiger partial charge >= 0.3 is 0 Å². The number of allylic oxidation sites excluding steroid dienone is 1. The van der Waals surface area contributed by atoms with Crippen LogP contribution in [0.25, 0.3) is 0 Å². The summed E-state index contributed by atoms with van der Waals surface area (Å²) in [6, 6.07) is 5.83. The van der Waals surface area contributed by atoms with Gasteiger partial charge in [-0.15, -0.1) is 30.6 Å². The SMILES string of the molecule is C=CCCCCCN(C)C(=NC)NCC(=O)N(C)CCc1ccccn1.I. The van der Waals surface area contributed by atoms with Crippen LogP contribution in [-0.4, -0.2) is 67.4 Å². The molecule has 0 aliphatic carbocycles. The van der Waals surface area contributed by atoms with Crippen molar-refractivity contribution >= 4 is 35.8 Å². The maximum Gasteiger partial charge on any atom is 0.241 e. The van der Waals surface area contributed by atoms with Crippen molar-refractivity contribution in [1.82, 2.24) is 20.1 Å². The number of nitrogens with zero attached hydrogens (tertiary/aromatic N) is 4. The van der Waals surface area contributed by atoms with Gasteiger partial charge in [-0.25, -0.2) is 0 Å². The molecule has 0 saturated heterocycles. The van der Waals surface area contributed by atoms with Crippen LogP contribution in [0, 0.1) is 0 Å². The van der Waals surface area contributed by atoms with Gasteiger partial charge in [0.2, 0.25) is 5.91 Å². The Kier molecular flexibility index (Phi) is 14.5. The van der Waals surface area contributed by atoms with Crippen molar-refractivity contribution in [2.45, 2.75) is 32.1 Å². The molecule has 1 aromatic heterocycles. The van der Waals surface area contributed by atoms with Crippen LogP contribution in [0.4, 0.5) is 0 Å². The second-order valence-corrected chi connectivity index (χ2v) is 6.35. The number of hydrogen-bond donors (Lipinski definition) is 1. The van der Waals surface area contributed by atoms with E-state index in [2.05, 4.69) is 26.8 Å². The summed E-state index contributed by atoms with van der Waals surface area (Å²) in [5.41, 5.74) is 0.993. The van der Waals surface area contributed by atoms with E-state index in [4.69, 9.17) is 0 Å². The van der Waals surface area contributed by atoms with Crippen molar-refractivity contribution in [2.75, 3.05) is 40.8 Å². The zero-order chi connectivity index (χ0) is 19.2. The van der Waals surface area contributed by atoms with E-state index in [1.54, 1.807) is 18.1 Å². The Morgan fingerprint density at radius 1 is 1.22 bits per heavy atom. The molecule has 1 N–H and O–H groups in total. The molecule has 1 amide bonds. The quantitative estimate of drug-likeness (QED) is 0.172. The van der Waals surface area contributed by atoms with E-state index in [0.717, 1.165) is 37.5 Å². The van der Waals surface area contributed by atoms with Gasteiger partial charge in [-0.2, -0.15) is 0 Å². The predicted octanol–water partition coefficient (Wildman–Crippen LogP) is 2.95. The summed E-state index contributed by atoms with van der Waals surface area (Å²) in [6.45, 7) is 5.55. The number of carbonyl (C=O) groups excluding carboxylic acids is 1. The lowest BCUT2D eigenvalue weighted by Gasteiger charge is -2.23. The van der Waals surface area contributed by atoms with Crippen molar-refractivity contribution in [3.63, 3.8) is 0 Å². The van der Waals surface area contributed by atoms with Gasteiger partial charge in [0, 0.05) is 52.5 Å². The molecule has 6 nitrogen and oxygen atoms in total. The fourth-order valence-corrected chi connectivity index (χ4v) is 2.55. The molecule has 0 aliphatic rings. The van der Waals surface area contributed by atoms with E-state index in [0.29, 0.717) is 6.54 Å². The van der Waals surface area contributed by atoms with Crippen LogP contribution < -0.4 is 5.32 Å². The lowest BCUT2D eigenvalue weighted by molar-refractivity contribution is -0.128. The smallest absolute Gasteiger partial charge is 0.241 e. The summed E-state index contributed by atoms with van der Waals surface area (Å²) in [7, 11) is 5.56. The standard InChI is InChI=1S/C20H33N5O.HI/c1-5-6-7-8-11-15-25(4)20(21-2)23-17-19(26)24(3)16-13-18-12-9-10-14-22-18;/h5,9-10,12,14H,1,6-8,11,13,15-17H2,2-4H3,(H,21,23);1H. The third-order valence-corrected chi connectivity index (χ3v) is 4.23. The third kappa shape index (κ3) is 10.9. The van der Waals surface area contributed by atoms with Gasteiger partial charge in [0.25, 0.3) is 0 Å². The number of nitrogens with one attached hydrogen (secondary N) is 1. The summed E-state index contributed by atoms with van der Waals surface area (Å²) < 4.78 is 0. The molecular weight excluding hydrogens is 453 g/mol. The first-order chi connectivity index (χ1) is 12.6. The van der Waals surface area contributed by atoms with Crippen LogP contribution in [-0.2, 0) is 11.2 Å². The molecule has 0 aromatic carbocycles. The number of amides is 1. The van der Waals surface area contributed by atoms with Crippen molar-refractivity contribution < 1.29 is 4.79 Å². The summed E-state index contributed by atoms with van der Waals surface area (Å²) in [5, 5.41) is 3.15. The molecule has 0 bridgehead atoms. The molecule has 1 aromatic rings. The topological polar surface area (TPSA) is 60.8 Å². The van der Waals surface area contributed by atoms with Gasteiger partial charge in [0.1, 0.15) is 0 Å². The van der Waals surface area contributed by atoms with Crippen LogP contribution in [0.5, 0.6) is 0 Å². The molecule has 1 rings (SSSR count). The van der Waals surface area contributed by atoms with E-state index in [9.17, 15) is 4.79 Å². The molecule has 0 saturated carbocycles. The molecule has 0 fully saturated rings. The van der Waals surface area contributed by atoms with Crippen LogP contribution in [0.1, 0.15) is 31.4 Å². The van der Waals surface area contributed by atoms with Crippen molar-refractivity contribution in [3.8, 4) is 0 Å². The first-order valence-corrected chi connectivity index (χ1v) is 9.25. The normalized spacial score (nSPS) is 10.7. The zero-order valence-electron chi connectivity index (χ0n) is 16.9. The Balaban J connectivity index is 0.00000676. The molecule has 0 spiro atoms. The minimum atomic E-state index is 0. The number of halogens is 1. The lowest BCUT2D eigenvalue weighted by Crippen LogP contribution is -2.45. The molecule has 0 aliphatic heterocycles. The van der Waals surface area contributed by atoms with Crippen LogP contribution in [0.15, 0.2) is 42.0 Å². The molecule has 27 heavy (non-hydrogen) atoms. The van der Waals surface area contributed by atoms with Gasteiger partial charge in [-0.05, 0) is 31.4 Å². The summed E-state index contributed by atoms with van der Waals surface area (Å²) in [6.07, 6.45) is 8.99. The minimum Gasteiger partial charge on any atom is -0.347 e. The Morgan fingerprint density at radius 2 is 2.00 bits per heavy atom. The predicted molar refractivity (Wildman–Crippen MR) is 124 cm³/mol. The van der Waals surface area contributed by atoms with E-state index in [1.807, 2.05) is 38.4 Å². The van der Waals surface area contributed by atoms with Crippen LogP contribution >= 0.6 is 24.0 Å². The molecule has 0 unspecified atom stereocenters. The fraction of sp³-hybridized carbons (Fsp3) is 0.550. The number of carbonyl (C=O) groups is 1. The second kappa shape index (κ2) is 15.4. The average Bonchev–Trinajstić information content (AvgIpc) is 2.67. The molecule has 0 radical (unpaired) electrons. The largest absolute Gasteiger partial charge is 0.347 e. The summed E-state index contributed by atoms with van der Waals surface area (Å²) in [4.78, 5) is 24.6. The summed E-state index contributed by atoms with van der Waals surface area (Å²) >= 11 is 0. The Morgan fingerprint density at radius 3 is 2.63 bits per heavy atom. The summed E-state index contributed by atoms with van der Waals surface area (Å²) in [5.74, 6) is 0.793. The molecular formula is C20H34IN5O. The van der Waals surface area contributed by atoms with E-state index < -0.39 is 0 Å². The molecule has 1 heterocycles. The minimum absolute atomic E-state index is 0. The average molecular weight is 487 g/mol. The third-order valence-electron chi connectivity index (χ3n) is 4.23. The van der Waals surface area contributed by atoms with Crippen molar-refractivity contribution in [3.05, 3.63) is 42.7 Å². The zero-order valence-corrected chi connectivity index (χ0v) is 19.2. The van der Waals surface area contributed by atoms with Crippen LogP contribution in [0.3, 0.4) is 0 Å². The first-order valence-electron chi connectivity index (χ1n) is 9.25. The van der Waals surface area contributed by atoms with Gasteiger partial charge in [-0.1, -0.05) is 18.6 Å². The van der Waals surface area contributed by atoms with Crippen molar-refractivity contribution in [2.24, 2.45) is 4.99 Å². The fourth-order valence-electron chi connectivity index (χ4n) is 2.55. The maximum absolute atomic E-state index is 12.3. The number of aromatic nitrogens is 1. The highest BCUT2D eigenvalue weighted by Crippen LogP contribution is 2.02. The Hall–Kier alpha value is -1.64. The molecule has 0 atom stereocenters. The maximum atomic E-state index is 12.3. The number of rotatable bonds is 11. The number of unbranched alkanes of at least 4 members (excludes halogenated alkanes) is 3.